The van der Waals surface area contributed by atoms with Gasteiger partial charge in [-0.1, -0.05) is 23.9 Å². The number of benzene rings is 1. The molecule has 0 unspecified atom stereocenters. The molecule has 88 valence electrons. The Morgan fingerprint density at radius 3 is 3.12 bits per heavy atom. The summed E-state index contributed by atoms with van der Waals surface area (Å²) in [6, 6.07) is 7.67. The third-order valence-electron chi connectivity index (χ3n) is 3.00. The topological polar surface area (TPSA) is 34.9 Å². The molecule has 0 spiro atoms. The maximum absolute atomic E-state index is 11.9. The molecule has 3 nitrogen and oxygen atoms in total. The minimum atomic E-state index is -0.126. The van der Waals surface area contributed by atoms with Gasteiger partial charge in [-0.05, 0) is 18.6 Å². The van der Waals surface area contributed by atoms with Crippen LogP contribution in [0.15, 0.2) is 34.2 Å². The lowest BCUT2D eigenvalue weighted by Crippen LogP contribution is -2.24. The summed E-state index contributed by atoms with van der Waals surface area (Å²) in [5.41, 5.74) is 0.867. The van der Waals surface area contributed by atoms with Crippen LogP contribution in [0.4, 0.5) is 0 Å². The van der Waals surface area contributed by atoms with Gasteiger partial charge in [-0.2, -0.15) is 17.6 Å². The number of thiol groups is 1. The van der Waals surface area contributed by atoms with E-state index in [9.17, 15) is 4.79 Å². The number of aromatic nitrogens is 2. The molecule has 3 rings (SSSR count). The highest BCUT2D eigenvalue weighted by Crippen LogP contribution is 2.31. The summed E-state index contributed by atoms with van der Waals surface area (Å²) in [6.07, 6.45) is 1.08. The first-order valence-corrected chi connectivity index (χ1v) is 7.08. The first kappa shape index (κ1) is 11.2. The van der Waals surface area contributed by atoms with Crippen LogP contribution in [-0.2, 0) is 6.54 Å². The largest absolute Gasteiger partial charge is 0.320 e. The van der Waals surface area contributed by atoms with Gasteiger partial charge in [-0.3, -0.25) is 4.79 Å². The van der Waals surface area contributed by atoms with E-state index in [0.717, 1.165) is 29.4 Å². The first-order chi connectivity index (χ1) is 8.29. The zero-order chi connectivity index (χ0) is 11.8. The highest BCUT2D eigenvalue weighted by molar-refractivity contribution is 8.00. The number of thioether (sulfide) groups is 1. The van der Waals surface area contributed by atoms with Crippen LogP contribution in [0, 0.1) is 0 Å². The van der Waals surface area contributed by atoms with E-state index in [-0.39, 0.29) is 5.56 Å². The standard InChI is InChI=1S/C12H12N2OS2/c15-11-9-3-1-2-4-10(9)14-6-5-8(7-16)17-12(14)13-11/h1-4,8,16H,5-7H2/t8-/m0/s1. The molecule has 1 atom stereocenters. The van der Waals surface area contributed by atoms with Gasteiger partial charge in [0.15, 0.2) is 5.16 Å². The van der Waals surface area contributed by atoms with E-state index in [2.05, 4.69) is 22.2 Å². The third-order valence-corrected chi connectivity index (χ3v) is 4.95. The number of hydrogen-bond acceptors (Lipinski definition) is 4. The molecule has 17 heavy (non-hydrogen) atoms. The van der Waals surface area contributed by atoms with Gasteiger partial charge < -0.3 is 4.57 Å². The normalized spacial score (nSPS) is 19.2. The monoisotopic (exact) mass is 264 g/mol. The molecular weight excluding hydrogens is 252 g/mol. The summed E-state index contributed by atoms with van der Waals surface area (Å²) >= 11 is 5.98. The van der Waals surface area contributed by atoms with E-state index in [1.165, 1.54) is 0 Å². The lowest BCUT2D eigenvalue weighted by atomic mass is 10.2. The molecule has 1 aromatic carbocycles. The second-order valence-electron chi connectivity index (χ2n) is 4.08. The Hall–Kier alpha value is -0.940. The maximum atomic E-state index is 11.9. The number of para-hydroxylation sites is 1. The van der Waals surface area contributed by atoms with Crippen molar-refractivity contribution in [3.05, 3.63) is 34.6 Å². The summed E-state index contributed by atoms with van der Waals surface area (Å²) in [5, 5.41) is 2.01. The van der Waals surface area contributed by atoms with Gasteiger partial charge in [-0.15, -0.1) is 0 Å². The Morgan fingerprint density at radius 2 is 2.29 bits per heavy atom. The van der Waals surface area contributed by atoms with E-state index in [4.69, 9.17) is 0 Å². The number of hydrogen-bond donors (Lipinski definition) is 1. The van der Waals surface area contributed by atoms with Crippen LogP contribution in [0.3, 0.4) is 0 Å². The van der Waals surface area contributed by atoms with Gasteiger partial charge in [0.25, 0.3) is 5.56 Å². The van der Waals surface area contributed by atoms with Crippen LogP contribution in [0.1, 0.15) is 6.42 Å². The molecule has 2 heterocycles. The van der Waals surface area contributed by atoms with E-state index in [0.29, 0.717) is 10.6 Å². The van der Waals surface area contributed by atoms with Crippen LogP contribution < -0.4 is 5.56 Å². The van der Waals surface area contributed by atoms with Gasteiger partial charge in [0.05, 0.1) is 10.9 Å². The molecule has 5 heteroatoms. The zero-order valence-corrected chi connectivity index (χ0v) is 10.9. The van der Waals surface area contributed by atoms with Crippen LogP contribution in [0.5, 0.6) is 0 Å². The van der Waals surface area contributed by atoms with Crippen molar-refractivity contribution in [1.82, 2.24) is 9.55 Å². The molecule has 0 radical (unpaired) electrons. The number of aryl methyl sites for hydroxylation is 1. The lowest BCUT2D eigenvalue weighted by molar-refractivity contribution is 0.570. The summed E-state index contributed by atoms with van der Waals surface area (Å²) in [7, 11) is 0. The van der Waals surface area contributed by atoms with Crippen molar-refractivity contribution in [2.24, 2.45) is 0 Å². The van der Waals surface area contributed by atoms with Crippen molar-refractivity contribution in [2.45, 2.75) is 23.4 Å². The van der Waals surface area contributed by atoms with Crippen LogP contribution in [0.2, 0.25) is 0 Å². The zero-order valence-electron chi connectivity index (χ0n) is 9.17. The quantitative estimate of drug-likeness (QED) is 0.633. The van der Waals surface area contributed by atoms with Crippen molar-refractivity contribution in [3.8, 4) is 0 Å². The van der Waals surface area contributed by atoms with Gasteiger partial charge in [-0.25, -0.2) is 0 Å². The smallest absolute Gasteiger partial charge is 0.281 e. The Labute approximate surface area is 109 Å². The fourth-order valence-corrected chi connectivity index (χ4v) is 3.57. The Balaban J connectivity index is 2.24. The lowest BCUT2D eigenvalue weighted by Gasteiger charge is -2.24. The average Bonchev–Trinajstić information content (AvgIpc) is 2.38. The molecule has 0 aliphatic carbocycles. The summed E-state index contributed by atoms with van der Waals surface area (Å²) in [5.74, 6) is 0.827. The number of rotatable bonds is 1. The van der Waals surface area contributed by atoms with Gasteiger partial charge in [0, 0.05) is 17.5 Å². The second-order valence-corrected chi connectivity index (χ2v) is 5.71. The fourth-order valence-electron chi connectivity index (χ4n) is 2.12. The molecule has 1 aliphatic rings. The molecule has 0 saturated carbocycles. The molecule has 0 saturated heterocycles. The van der Waals surface area contributed by atoms with Crippen molar-refractivity contribution >= 4 is 35.3 Å². The van der Waals surface area contributed by atoms with Crippen LogP contribution in [0.25, 0.3) is 10.9 Å². The van der Waals surface area contributed by atoms with Gasteiger partial charge in [0.1, 0.15) is 0 Å². The maximum Gasteiger partial charge on any atom is 0.281 e. The van der Waals surface area contributed by atoms with Gasteiger partial charge >= 0.3 is 0 Å². The SMILES string of the molecule is O=c1nc2n(c3ccccc13)CC[C@@H](CS)S2. The van der Waals surface area contributed by atoms with Crippen molar-refractivity contribution in [2.75, 3.05) is 5.75 Å². The molecule has 0 bridgehead atoms. The third kappa shape index (κ3) is 1.87. The Kier molecular flexibility index (Phi) is 2.88. The molecule has 1 aromatic heterocycles. The average molecular weight is 264 g/mol. The van der Waals surface area contributed by atoms with Crippen molar-refractivity contribution in [1.29, 1.82) is 0 Å². The minimum Gasteiger partial charge on any atom is -0.320 e. The Bertz CT molecular complexity index is 623. The van der Waals surface area contributed by atoms with Gasteiger partial charge in [0.2, 0.25) is 0 Å². The van der Waals surface area contributed by atoms with Crippen LogP contribution in [-0.4, -0.2) is 20.6 Å². The summed E-state index contributed by atoms with van der Waals surface area (Å²) < 4.78 is 2.14. The van der Waals surface area contributed by atoms with E-state index >= 15 is 0 Å². The molecule has 0 N–H and O–H groups in total. The number of fused-ring (bicyclic) bond motifs is 3. The van der Waals surface area contributed by atoms with Crippen molar-refractivity contribution < 1.29 is 0 Å². The summed E-state index contributed by atoms with van der Waals surface area (Å²) in [4.78, 5) is 16.1. The van der Waals surface area contributed by atoms with Crippen molar-refractivity contribution in [3.63, 3.8) is 0 Å². The second kappa shape index (κ2) is 4.38. The van der Waals surface area contributed by atoms with E-state index in [1.807, 2.05) is 24.3 Å². The molecule has 0 amide bonds. The number of nitrogens with zero attached hydrogens (tertiary/aromatic N) is 2. The highest BCUT2D eigenvalue weighted by atomic mass is 32.2. The first-order valence-electron chi connectivity index (χ1n) is 5.56. The molecule has 1 aliphatic heterocycles. The van der Waals surface area contributed by atoms with Crippen LogP contribution >= 0.6 is 24.4 Å². The predicted molar refractivity (Wildman–Crippen MR) is 74.1 cm³/mol. The Morgan fingerprint density at radius 1 is 1.47 bits per heavy atom. The molecular formula is C12H12N2OS2. The minimum absolute atomic E-state index is 0.126. The highest BCUT2D eigenvalue weighted by Gasteiger charge is 2.21. The predicted octanol–water partition coefficient (Wildman–Crippen LogP) is 2.19. The molecule has 2 aromatic rings. The van der Waals surface area contributed by atoms with E-state index < -0.39 is 0 Å². The summed E-state index contributed by atoms with van der Waals surface area (Å²) in [6.45, 7) is 0.918. The van der Waals surface area contributed by atoms with E-state index in [1.54, 1.807) is 11.8 Å². The fraction of sp³-hybridized carbons (Fsp3) is 0.333. The molecule has 0 fully saturated rings.